The van der Waals surface area contributed by atoms with Gasteiger partial charge in [0.2, 0.25) is 0 Å². The molecule has 2 fully saturated rings. The maximum Gasteiger partial charge on any atom is 0.0783 e. The maximum absolute atomic E-state index is 6.14. The van der Waals surface area contributed by atoms with E-state index in [4.69, 9.17) is 10.6 Å². The van der Waals surface area contributed by atoms with Gasteiger partial charge in [-0.15, -0.1) is 0 Å². The van der Waals surface area contributed by atoms with Crippen LogP contribution in [-0.2, 0) is 4.74 Å². The number of rotatable bonds is 3. The average molecular weight is 371 g/mol. The van der Waals surface area contributed by atoms with Gasteiger partial charge in [-0.1, -0.05) is 33.6 Å². The number of hydrogen-bond donors (Lipinski definition) is 2. The number of nitrogens with two attached hydrogens (primary N) is 1. The Hall–Kier alpha value is -0.0700. The van der Waals surface area contributed by atoms with Gasteiger partial charge in [0.15, 0.2) is 0 Å². The van der Waals surface area contributed by atoms with Gasteiger partial charge < -0.3 is 4.74 Å². The van der Waals surface area contributed by atoms with Crippen LogP contribution in [-0.4, -0.2) is 23.7 Å². The van der Waals surface area contributed by atoms with Crippen molar-refractivity contribution in [2.75, 3.05) is 18.1 Å². The van der Waals surface area contributed by atoms with E-state index in [1.54, 1.807) is 0 Å². The fraction of sp³-hybridized carbons (Fsp3) is 0.625. The van der Waals surface area contributed by atoms with Crippen LogP contribution in [0.2, 0.25) is 0 Å². The van der Waals surface area contributed by atoms with E-state index in [1.807, 2.05) is 11.8 Å². The molecule has 3 atom stereocenters. The van der Waals surface area contributed by atoms with E-state index in [2.05, 4.69) is 46.5 Å². The highest BCUT2D eigenvalue weighted by molar-refractivity contribution is 9.10. The Balaban J connectivity index is 1.84. The molecular weight excluding hydrogens is 348 g/mol. The monoisotopic (exact) mass is 370 g/mol. The Kier molecular flexibility index (Phi) is 4.96. The summed E-state index contributed by atoms with van der Waals surface area (Å²) >= 11 is 5.70. The standard InChI is InChI=1S/C16H23BrN2OS/c1-11-2-3-14(17)13(8-11)15(19-18)12-4-6-20-16(9-12)5-7-21-10-16/h2-3,8,12,15,19H,4-7,9-10,18H2,1H3. The molecule has 0 saturated carbocycles. The lowest BCUT2D eigenvalue weighted by molar-refractivity contribution is -0.0854. The molecule has 0 radical (unpaired) electrons. The largest absolute Gasteiger partial charge is 0.374 e. The van der Waals surface area contributed by atoms with Gasteiger partial charge >= 0.3 is 0 Å². The first-order valence-corrected chi connectivity index (χ1v) is 9.52. The van der Waals surface area contributed by atoms with Crippen molar-refractivity contribution >= 4 is 27.7 Å². The lowest BCUT2D eigenvalue weighted by Gasteiger charge is -2.41. The Morgan fingerprint density at radius 1 is 1.52 bits per heavy atom. The molecule has 3 rings (SSSR count). The van der Waals surface area contributed by atoms with Gasteiger partial charge in [0.05, 0.1) is 11.6 Å². The van der Waals surface area contributed by atoms with Crippen molar-refractivity contribution in [3.63, 3.8) is 0 Å². The van der Waals surface area contributed by atoms with Crippen LogP contribution < -0.4 is 11.3 Å². The fourth-order valence-electron chi connectivity index (χ4n) is 3.59. The lowest BCUT2D eigenvalue weighted by Crippen LogP contribution is -2.45. The quantitative estimate of drug-likeness (QED) is 0.630. The van der Waals surface area contributed by atoms with Crippen LogP contribution in [0.3, 0.4) is 0 Å². The van der Waals surface area contributed by atoms with Crippen molar-refractivity contribution in [1.29, 1.82) is 0 Å². The van der Waals surface area contributed by atoms with Crippen molar-refractivity contribution < 1.29 is 4.74 Å². The zero-order valence-corrected chi connectivity index (χ0v) is 14.8. The van der Waals surface area contributed by atoms with Gasteiger partial charge in [0, 0.05) is 16.8 Å². The number of thioether (sulfide) groups is 1. The van der Waals surface area contributed by atoms with Gasteiger partial charge in [0.1, 0.15) is 0 Å². The van der Waals surface area contributed by atoms with Crippen molar-refractivity contribution in [1.82, 2.24) is 5.43 Å². The third kappa shape index (κ3) is 3.32. The molecule has 2 aliphatic heterocycles. The molecule has 3 unspecified atom stereocenters. The van der Waals surface area contributed by atoms with Crippen molar-refractivity contribution in [3.05, 3.63) is 33.8 Å². The van der Waals surface area contributed by atoms with Crippen LogP contribution in [0.1, 0.15) is 36.4 Å². The molecule has 5 heteroatoms. The summed E-state index contributed by atoms with van der Waals surface area (Å²) in [5.74, 6) is 8.81. The summed E-state index contributed by atoms with van der Waals surface area (Å²) in [6.45, 7) is 2.98. The van der Waals surface area contributed by atoms with Crippen LogP contribution in [0.5, 0.6) is 0 Å². The van der Waals surface area contributed by atoms with Crippen LogP contribution in [0.4, 0.5) is 0 Å². The maximum atomic E-state index is 6.14. The minimum absolute atomic E-state index is 0.0962. The number of hydrazine groups is 1. The number of halogens is 1. The second-order valence-corrected chi connectivity index (χ2v) is 8.22. The van der Waals surface area contributed by atoms with E-state index in [9.17, 15) is 0 Å². The first-order chi connectivity index (χ1) is 10.1. The SMILES string of the molecule is Cc1ccc(Br)c(C(NN)C2CCOC3(CCSC3)C2)c1. The summed E-state index contributed by atoms with van der Waals surface area (Å²) < 4.78 is 7.28. The van der Waals surface area contributed by atoms with E-state index in [-0.39, 0.29) is 11.6 Å². The van der Waals surface area contributed by atoms with E-state index in [1.165, 1.54) is 23.3 Å². The molecule has 116 valence electrons. The molecule has 1 spiro atoms. The van der Waals surface area contributed by atoms with E-state index >= 15 is 0 Å². The van der Waals surface area contributed by atoms with Gasteiger partial charge in [-0.3, -0.25) is 11.3 Å². The minimum Gasteiger partial charge on any atom is -0.374 e. The summed E-state index contributed by atoms with van der Waals surface area (Å²) in [5, 5.41) is 0. The van der Waals surface area contributed by atoms with E-state index in [0.29, 0.717) is 5.92 Å². The zero-order chi connectivity index (χ0) is 14.9. The Morgan fingerprint density at radius 3 is 3.10 bits per heavy atom. The molecule has 21 heavy (non-hydrogen) atoms. The van der Waals surface area contributed by atoms with Gasteiger partial charge in [-0.05, 0) is 49.5 Å². The average Bonchev–Trinajstić information content (AvgIpc) is 2.91. The molecule has 3 nitrogen and oxygen atoms in total. The summed E-state index contributed by atoms with van der Waals surface area (Å²) in [4.78, 5) is 0. The molecule has 2 aliphatic rings. The van der Waals surface area contributed by atoms with Crippen molar-refractivity contribution in [3.8, 4) is 0 Å². The molecule has 2 saturated heterocycles. The minimum atomic E-state index is 0.0962. The van der Waals surface area contributed by atoms with Crippen molar-refractivity contribution in [2.24, 2.45) is 11.8 Å². The Morgan fingerprint density at radius 2 is 2.38 bits per heavy atom. The summed E-state index contributed by atoms with van der Waals surface area (Å²) in [6.07, 6.45) is 3.36. The van der Waals surface area contributed by atoms with E-state index in [0.717, 1.165) is 29.7 Å². The molecule has 3 N–H and O–H groups in total. The van der Waals surface area contributed by atoms with Crippen molar-refractivity contribution in [2.45, 2.75) is 37.8 Å². The van der Waals surface area contributed by atoms with Gasteiger partial charge in [-0.25, -0.2) is 0 Å². The Bertz CT molecular complexity index is 505. The molecule has 0 aromatic heterocycles. The third-order valence-electron chi connectivity index (χ3n) is 4.74. The number of nitrogens with one attached hydrogen (secondary N) is 1. The summed E-state index contributed by atoms with van der Waals surface area (Å²) in [7, 11) is 0. The normalized spacial score (nSPS) is 30.7. The van der Waals surface area contributed by atoms with Crippen LogP contribution in [0.25, 0.3) is 0 Å². The fourth-order valence-corrected chi connectivity index (χ4v) is 5.47. The molecule has 0 bridgehead atoms. The van der Waals surface area contributed by atoms with Gasteiger partial charge in [0.25, 0.3) is 0 Å². The lowest BCUT2D eigenvalue weighted by atomic mass is 9.79. The predicted molar refractivity (Wildman–Crippen MR) is 92.3 cm³/mol. The second-order valence-electron chi connectivity index (χ2n) is 6.26. The number of hydrogen-bond acceptors (Lipinski definition) is 4. The highest BCUT2D eigenvalue weighted by Crippen LogP contribution is 2.44. The first-order valence-electron chi connectivity index (χ1n) is 7.57. The molecule has 0 amide bonds. The van der Waals surface area contributed by atoms with Gasteiger partial charge in [-0.2, -0.15) is 11.8 Å². The van der Waals surface area contributed by atoms with E-state index < -0.39 is 0 Å². The number of aryl methyl sites for hydroxylation is 1. The highest BCUT2D eigenvalue weighted by Gasteiger charge is 2.42. The van der Waals surface area contributed by atoms with Crippen LogP contribution >= 0.6 is 27.7 Å². The third-order valence-corrected chi connectivity index (χ3v) is 6.68. The summed E-state index contributed by atoms with van der Waals surface area (Å²) in [6, 6.07) is 6.67. The number of ether oxygens (including phenoxy) is 1. The first kappa shape index (κ1) is 15.8. The smallest absolute Gasteiger partial charge is 0.0783 e. The van der Waals surface area contributed by atoms with Crippen LogP contribution in [0, 0.1) is 12.8 Å². The number of benzene rings is 1. The Labute approximate surface area is 139 Å². The molecule has 0 aliphatic carbocycles. The zero-order valence-electron chi connectivity index (χ0n) is 12.4. The molecule has 2 heterocycles. The molecule has 1 aromatic carbocycles. The summed E-state index contributed by atoms with van der Waals surface area (Å²) in [5.41, 5.74) is 5.71. The molecular formula is C16H23BrN2OS. The van der Waals surface area contributed by atoms with Crippen LogP contribution in [0.15, 0.2) is 22.7 Å². The second kappa shape index (κ2) is 6.59. The molecule has 1 aromatic rings. The predicted octanol–water partition coefficient (Wildman–Crippen LogP) is 3.56. The highest BCUT2D eigenvalue weighted by atomic mass is 79.9. The topological polar surface area (TPSA) is 47.3 Å².